The lowest BCUT2D eigenvalue weighted by Gasteiger charge is -2.39. The van der Waals surface area contributed by atoms with Crippen LogP contribution in [0.25, 0.3) is 0 Å². The summed E-state index contributed by atoms with van der Waals surface area (Å²) in [5.74, 6) is 0. The summed E-state index contributed by atoms with van der Waals surface area (Å²) in [4.78, 5) is 0. The molecule has 0 bridgehead atoms. The molecule has 0 radical (unpaired) electrons. The highest BCUT2D eigenvalue weighted by Crippen LogP contribution is 2.16. The molecule has 1 rings (SSSR count). The van der Waals surface area contributed by atoms with E-state index in [4.69, 9.17) is 0 Å². The molecular formula is C4H13NSi2. The van der Waals surface area contributed by atoms with Gasteiger partial charge in [0.05, 0.1) is 8.96 Å². The van der Waals surface area contributed by atoms with Gasteiger partial charge >= 0.3 is 0 Å². The van der Waals surface area contributed by atoms with Crippen LogP contribution in [0.2, 0.25) is 25.3 Å². The molecule has 1 aliphatic rings. The molecule has 42 valence electrons. The van der Waals surface area contributed by atoms with E-state index in [9.17, 15) is 0 Å². The predicted octanol–water partition coefficient (Wildman–Crippen LogP) is 0.687. The van der Waals surface area contributed by atoms with Crippen molar-refractivity contribution in [1.29, 1.82) is 0 Å². The van der Waals surface area contributed by atoms with Crippen LogP contribution in [0.15, 0.2) is 0 Å². The minimum Gasteiger partial charge on any atom is -0.362 e. The van der Waals surface area contributed by atoms with Gasteiger partial charge in [0, 0.05) is 0 Å². The molecule has 0 saturated carbocycles. The van der Waals surface area contributed by atoms with Crippen molar-refractivity contribution in [3.05, 3.63) is 0 Å². The molecule has 0 aromatic heterocycles. The van der Waals surface area contributed by atoms with Gasteiger partial charge in [-0.2, -0.15) is 0 Å². The molecular weight excluding hydrogens is 118 g/mol. The molecule has 3 heteroatoms. The molecule has 7 heavy (non-hydrogen) atoms. The average Bonchev–Trinajstić information content (AvgIpc) is 1.27. The Morgan fingerprint density at radius 3 is 2.00 bits per heavy atom. The third kappa shape index (κ3) is 1.14. The SMILES string of the molecule is C[SiH]1C[Si](C)(C)N1. The topological polar surface area (TPSA) is 12.0 Å². The van der Waals surface area contributed by atoms with E-state index in [2.05, 4.69) is 24.3 Å². The molecule has 1 N–H and O–H groups in total. The zero-order valence-electron chi connectivity index (χ0n) is 5.28. The molecule has 0 aromatic rings. The summed E-state index contributed by atoms with van der Waals surface area (Å²) >= 11 is 0. The highest BCUT2D eigenvalue weighted by atomic mass is 28.4. The Morgan fingerprint density at radius 2 is 2.00 bits per heavy atom. The first-order chi connectivity index (χ1) is 3.10. The minimum atomic E-state index is -0.702. The van der Waals surface area contributed by atoms with Crippen molar-refractivity contribution in [3.8, 4) is 0 Å². The van der Waals surface area contributed by atoms with Crippen molar-refractivity contribution in [2.45, 2.75) is 25.3 Å². The number of hydrogen-bond donors (Lipinski definition) is 1. The summed E-state index contributed by atoms with van der Waals surface area (Å²) in [7, 11) is -0.984. The fraction of sp³-hybridized carbons (Fsp3) is 1.00. The van der Waals surface area contributed by atoms with Gasteiger partial charge in [-0.05, 0) is 5.67 Å². The van der Waals surface area contributed by atoms with Gasteiger partial charge < -0.3 is 4.65 Å². The normalized spacial score (nSPS) is 37.3. The molecule has 0 aromatic carbocycles. The molecule has 1 aliphatic heterocycles. The maximum absolute atomic E-state index is 3.66. The van der Waals surface area contributed by atoms with Gasteiger partial charge in [0.15, 0.2) is 0 Å². The summed E-state index contributed by atoms with van der Waals surface area (Å²) < 4.78 is 3.66. The molecule has 0 aliphatic carbocycles. The van der Waals surface area contributed by atoms with Crippen LogP contribution < -0.4 is 4.65 Å². The van der Waals surface area contributed by atoms with E-state index in [-0.39, 0.29) is 8.96 Å². The maximum atomic E-state index is 3.66. The molecule has 0 amide bonds. The van der Waals surface area contributed by atoms with Crippen molar-refractivity contribution in [1.82, 2.24) is 4.65 Å². The van der Waals surface area contributed by atoms with Gasteiger partial charge in [0.1, 0.15) is 8.24 Å². The van der Waals surface area contributed by atoms with Crippen molar-refractivity contribution in [3.63, 3.8) is 0 Å². The smallest absolute Gasteiger partial charge is 0.110 e. The van der Waals surface area contributed by atoms with Crippen molar-refractivity contribution in [2.75, 3.05) is 0 Å². The zero-order valence-corrected chi connectivity index (χ0v) is 7.44. The lowest BCUT2D eigenvalue weighted by atomic mass is 11.8. The highest BCUT2D eigenvalue weighted by molar-refractivity contribution is 7.00. The molecule has 1 unspecified atom stereocenters. The van der Waals surface area contributed by atoms with Crippen LogP contribution in [-0.4, -0.2) is 17.2 Å². The zero-order chi connectivity index (χ0) is 5.49. The summed E-state index contributed by atoms with van der Waals surface area (Å²) in [6.45, 7) is 7.19. The van der Waals surface area contributed by atoms with Crippen LogP contribution in [-0.2, 0) is 0 Å². The Morgan fingerprint density at radius 1 is 1.57 bits per heavy atom. The fourth-order valence-electron chi connectivity index (χ4n) is 1.41. The summed E-state index contributed by atoms with van der Waals surface area (Å²) in [6, 6.07) is 0. The first kappa shape index (κ1) is 5.53. The molecule has 1 atom stereocenters. The van der Waals surface area contributed by atoms with E-state index in [0.29, 0.717) is 0 Å². The maximum Gasteiger partial charge on any atom is 0.110 e. The highest BCUT2D eigenvalue weighted by Gasteiger charge is 2.34. The van der Waals surface area contributed by atoms with E-state index in [1.807, 2.05) is 0 Å². The van der Waals surface area contributed by atoms with Crippen LogP contribution in [0.5, 0.6) is 0 Å². The predicted molar refractivity (Wildman–Crippen MR) is 38.4 cm³/mol. The Bertz CT molecular complexity index is 73.8. The lowest BCUT2D eigenvalue weighted by molar-refractivity contribution is 1.23. The van der Waals surface area contributed by atoms with Crippen molar-refractivity contribution < 1.29 is 0 Å². The average molecular weight is 131 g/mol. The second-order valence-electron chi connectivity index (χ2n) is 3.13. The largest absolute Gasteiger partial charge is 0.362 e. The van der Waals surface area contributed by atoms with E-state index in [0.717, 1.165) is 0 Å². The van der Waals surface area contributed by atoms with Crippen LogP contribution in [0.4, 0.5) is 0 Å². The lowest BCUT2D eigenvalue weighted by Crippen LogP contribution is -2.65. The van der Waals surface area contributed by atoms with Gasteiger partial charge in [-0.3, -0.25) is 0 Å². The van der Waals surface area contributed by atoms with E-state index < -0.39 is 8.24 Å². The molecule has 1 fully saturated rings. The van der Waals surface area contributed by atoms with Crippen LogP contribution in [0.1, 0.15) is 0 Å². The summed E-state index contributed by atoms with van der Waals surface area (Å²) in [6.07, 6.45) is 0. The monoisotopic (exact) mass is 131 g/mol. The Kier molecular flexibility index (Phi) is 1.13. The number of nitrogens with one attached hydrogen (secondary N) is 1. The molecule has 1 saturated heterocycles. The van der Waals surface area contributed by atoms with Gasteiger partial charge in [-0.15, -0.1) is 0 Å². The van der Waals surface area contributed by atoms with E-state index >= 15 is 0 Å². The van der Waals surface area contributed by atoms with Crippen LogP contribution in [0.3, 0.4) is 0 Å². The second kappa shape index (κ2) is 1.43. The van der Waals surface area contributed by atoms with Gasteiger partial charge in [-0.25, -0.2) is 0 Å². The first-order valence-corrected chi connectivity index (χ1v) is 8.63. The van der Waals surface area contributed by atoms with E-state index in [1.165, 1.54) is 0 Å². The summed E-state index contributed by atoms with van der Waals surface area (Å²) in [5.41, 5.74) is 1.60. The van der Waals surface area contributed by atoms with Gasteiger partial charge in [-0.1, -0.05) is 19.6 Å². The van der Waals surface area contributed by atoms with Gasteiger partial charge in [0.2, 0.25) is 0 Å². The summed E-state index contributed by atoms with van der Waals surface area (Å²) in [5, 5.41) is 0. The van der Waals surface area contributed by atoms with Crippen LogP contribution >= 0.6 is 0 Å². The third-order valence-electron chi connectivity index (χ3n) is 1.45. The molecule has 1 nitrogen and oxygen atoms in total. The van der Waals surface area contributed by atoms with Gasteiger partial charge in [0.25, 0.3) is 0 Å². The second-order valence-corrected chi connectivity index (χ2v) is 11.5. The number of hydrogen-bond acceptors (Lipinski definition) is 1. The first-order valence-electron chi connectivity index (χ1n) is 2.88. The fourth-order valence-corrected chi connectivity index (χ4v) is 12.7. The van der Waals surface area contributed by atoms with Crippen molar-refractivity contribution in [2.24, 2.45) is 0 Å². The molecule has 1 heterocycles. The Hall–Kier alpha value is 0.394. The van der Waals surface area contributed by atoms with Crippen molar-refractivity contribution >= 4 is 17.2 Å². The quantitative estimate of drug-likeness (QED) is 0.477. The number of rotatable bonds is 0. The standard InChI is InChI=1S/C4H13NSi2/c1-6-4-7(2,3)5-6/h5-6H,4H2,1-3H3. The minimum absolute atomic E-state index is 0.282. The van der Waals surface area contributed by atoms with E-state index in [1.54, 1.807) is 5.67 Å². The Balaban J connectivity index is 2.29. The molecule has 0 spiro atoms. The Labute approximate surface area is 47.9 Å². The third-order valence-corrected chi connectivity index (χ3v) is 13.1. The van der Waals surface area contributed by atoms with Crippen LogP contribution in [0, 0.1) is 0 Å².